The Morgan fingerprint density at radius 3 is 1.60 bits per heavy atom. The Bertz CT molecular complexity index is 1600. The van der Waals surface area contributed by atoms with E-state index in [1.54, 1.807) is 6.08 Å². The second-order valence-electron chi connectivity index (χ2n) is 19.4. The summed E-state index contributed by atoms with van der Waals surface area (Å²) in [6.45, 7) is 5.53. The van der Waals surface area contributed by atoms with Gasteiger partial charge in [0.25, 0.3) is 0 Å². The molecule has 0 spiro atoms. The van der Waals surface area contributed by atoms with E-state index in [0.29, 0.717) is 12.8 Å². The maximum atomic E-state index is 13.3. The minimum atomic E-state index is -1.64. The van der Waals surface area contributed by atoms with E-state index in [0.717, 1.165) is 83.5 Å². The zero-order chi connectivity index (χ0) is 53.3. The van der Waals surface area contributed by atoms with Gasteiger partial charge in [0.05, 0.1) is 25.4 Å². The van der Waals surface area contributed by atoms with Crippen molar-refractivity contribution in [1.82, 2.24) is 5.32 Å². The number of ether oxygens (including phenoxy) is 3. The van der Waals surface area contributed by atoms with Crippen molar-refractivity contribution in [2.45, 2.75) is 256 Å². The molecule has 1 aliphatic heterocycles. The lowest BCUT2D eigenvalue weighted by Crippen LogP contribution is -2.61. The van der Waals surface area contributed by atoms with Crippen LogP contribution in [0.1, 0.15) is 207 Å². The van der Waals surface area contributed by atoms with Crippen LogP contribution in [0, 0.1) is 0 Å². The molecule has 1 amide bonds. The molecule has 73 heavy (non-hydrogen) atoms. The van der Waals surface area contributed by atoms with Crippen molar-refractivity contribution in [3.63, 3.8) is 0 Å². The number of hydrogen-bond donors (Lipinski definition) is 6. The topological polar surface area (TPSA) is 175 Å². The quantitative estimate of drug-likeness (QED) is 0.0149. The van der Waals surface area contributed by atoms with Crippen molar-refractivity contribution in [2.24, 2.45) is 0 Å². The summed E-state index contributed by atoms with van der Waals surface area (Å²) in [6, 6.07) is -1.07. The van der Waals surface area contributed by atoms with E-state index in [9.17, 15) is 35.1 Å². The second kappa shape index (κ2) is 49.2. The van der Waals surface area contributed by atoms with Gasteiger partial charge in [-0.15, -0.1) is 0 Å². The van der Waals surface area contributed by atoms with E-state index >= 15 is 0 Å². The molecule has 11 nitrogen and oxygen atoms in total. The zero-order valence-corrected chi connectivity index (χ0v) is 45.7. The summed E-state index contributed by atoms with van der Waals surface area (Å²) in [5.41, 5.74) is 0. The summed E-state index contributed by atoms with van der Waals surface area (Å²) >= 11 is 0. The lowest BCUT2D eigenvalue weighted by atomic mass is 9.99. The third-order valence-electron chi connectivity index (χ3n) is 12.8. The van der Waals surface area contributed by atoms with Gasteiger partial charge in [0, 0.05) is 6.42 Å². The van der Waals surface area contributed by atoms with Gasteiger partial charge in [-0.3, -0.25) is 9.59 Å². The third kappa shape index (κ3) is 37.7. The molecule has 0 saturated carbocycles. The molecular weight excluding hydrogens is 919 g/mol. The standard InChI is InChI=1S/C62H103NO10/c1-4-7-10-13-16-19-22-25-26-27-28-29-30-32-35-38-41-44-47-50-57(67)73-60-59(69)58(68)56(51-64)72-62(60)71-52-53(54(65)48-45-42-39-36-34-31-23-20-17-14-11-8-5-2)63-61(70)55(66)49-46-43-40-37-33-24-21-18-15-12-9-6-3/h9,12,15-16,18-19,21,24-26,28-29,33,37,40,43,45,48,53-56,58-60,62,64-66,68-69H,4-8,10-11,13-14,17,20,22-23,27,30-32,34-36,38-39,41-42,44,46-47,49-52H2,1-3H3,(H,63,70)/b12-9+,18-15+,19-16-,24-21-,26-25-,29-28-,37-33-,43-40+,48-45+. The van der Waals surface area contributed by atoms with Crippen LogP contribution in [0.15, 0.2) is 109 Å². The molecule has 0 radical (unpaired) electrons. The first kappa shape index (κ1) is 67.3. The van der Waals surface area contributed by atoms with E-state index in [1.165, 1.54) is 77.0 Å². The van der Waals surface area contributed by atoms with Crippen LogP contribution >= 0.6 is 0 Å². The molecule has 1 rings (SSSR count). The normalized spacial score (nSPS) is 20.2. The molecule has 1 saturated heterocycles. The summed E-state index contributed by atoms with van der Waals surface area (Å²) in [5.74, 6) is -1.30. The average molecular weight is 1020 g/mol. The largest absolute Gasteiger partial charge is 0.454 e. The molecule has 11 heteroatoms. The number of amides is 1. The van der Waals surface area contributed by atoms with Crippen LogP contribution in [0.5, 0.6) is 0 Å². The van der Waals surface area contributed by atoms with Gasteiger partial charge in [0.2, 0.25) is 5.91 Å². The van der Waals surface area contributed by atoms with Crippen LogP contribution in [0.4, 0.5) is 0 Å². The van der Waals surface area contributed by atoms with Gasteiger partial charge in [-0.1, -0.05) is 233 Å². The number of carbonyl (C=O) groups is 2. The number of allylic oxidation sites excluding steroid dienone is 17. The SMILES string of the molecule is CC/C=C/C=C/C=C\C=C/C=C/CCC(O)C(=O)NC(COC1OC(CO)C(O)C(O)C1OC(=O)CCCCCCCC/C=C\C/C=C\C/C=C\CCCCC)C(O)/C=C/CCCCCCCCCCCCC. The van der Waals surface area contributed by atoms with Crippen molar-refractivity contribution < 1.29 is 49.3 Å². The highest BCUT2D eigenvalue weighted by Gasteiger charge is 2.47. The molecule has 416 valence electrons. The van der Waals surface area contributed by atoms with Crippen molar-refractivity contribution in [2.75, 3.05) is 13.2 Å². The number of rotatable bonds is 46. The fourth-order valence-corrected chi connectivity index (χ4v) is 8.21. The van der Waals surface area contributed by atoms with E-state index in [2.05, 4.69) is 68.6 Å². The lowest BCUT2D eigenvalue weighted by Gasteiger charge is -2.41. The molecule has 0 aliphatic carbocycles. The van der Waals surface area contributed by atoms with Gasteiger partial charge < -0.3 is 45.1 Å². The Morgan fingerprint density at radius 2 is 1.04 bits per heavy atom. The molecule has 1 heterocycles. The smallest absolute Gasteiger partial charge is 0.306 e. The average Bonchev–Trinajstić information content (AvgIpc) is 3.39. The number of nitrogens with one attached hydrogen (secondary N) is 1. The number of esters is 1. The Morgan fingerprint density at radius 1 is 0.562 bits per heavy atom. The van der Waals surface area contributed by atoms with Crippen molar-refractivity contribution >= 4 is 11.9 Å². The molecular formula is C62H103NO10. The van der Waals surface area contributed by atoms with Gasteiger partial charge >= 0.3 is 5.97 Å². The fourth-order valence-electron chi connectivity index (χ4n) is 8.21. The number of unbranched alkanes of at least 4 members (excludes halogenated alkanes) is 20. The Hall–Kier alpha value is -3.68. The number of hydrogen-bond acceptors (Lipinski definition) is 10. The molecule has 8 atom stereocenters. The van der Waals surface area contributed by atoms with E-state index in [1.807, 2.05) is 60.8 Å². The first-order valence-electron chi connectivity index (χ1n) is 28.7. The predicted molar refractivity (Wildman–Crippen MR) is 301 cm³/mol. The van der Waals surface area contributed by atoms with Crippen LogP contribution in [-0.4, -0.2) is 99.6 Å². The number of aliphatic hydroxyl groups excluding tert-OH is 5. The number of aliphatic hydroxyl groups is 5. The summed E-state index contributed by atoms with van der Waals surface area (Å²) in [4.78, 5) is 26.4. The molecule has 1 fully saturated rings. The molecule has 0 aromatic heterocycles. The highest BCUT2D eigenvalue weighted by molar-refractivity contribution is 5.80. The summed E-state index contributed by atoms with van der Waals surface area (Å²) in [7, 11) is 0. The second-order valence-corrected chi connectivity index (χ2v) is 19.4. The van der Waals surface area contributed by atoms with Gasteiger partial charge in [0.1, 0.15) is 24.4 Å². The lowest BCUT2D eigenvalue weighted by molar-refractivity contribution is -0.305. The van der Waals surface area contributed by atoms with Crippen LogP contribution in [0.25, 0.3) is 0 Å². The predicted octanol–water partition coefficient (Wildman–Crippen LogP) is 12.9. The van der Waals surface area contributed by atoms with Gasteiger partial charge in [0.15, 0.2) is 12.4 Å². The van der Waals surface area contributed by atoms with Crippen LogP contribution in [0.3, 0.4) is 0 Å². The molecule has 0 bridgehead atoms. The highest BCUT2D eigenvalue weighted by atomic mass is 16.7. The van der Waals surface area contributed by atoms with Crippen molar-refractivity contribution in [1.29, 1.82) is 0 Å². The van der Waals surface area contributed by atoms with Crippen LogP contribution < -0.4 is 5.32 Å². The maximum absolute atomic E-state index is 13.3. The highest BCUT2D eigenvalue weighted by Crippen LogP contribution is 2.26. The monoisotopic (exact) mass is 1020 g/mol. The summed E-state index contributed by atoms with van der Waals surface area (Å²) in [5, 5.41) is 56.7. The van der Waals surface area contributed by atoms with Crippen molar-refractivity contribution in [3.05, 3.63) is 109 Å². The molecule has 0 aromatic rings. The first-order valence-corrected chi connectivity index (χ1v) is 28.7. The molecule has 1 aliphatic rings. The van der Waals surface area contributed by atoms with Crippen LogP contribution in [0.2, 0.25) is 0 Å². The van der Waals surface area contributed by atoms with Gasteiger partial charge in [-0.2, -0.15) is 0 Å². The molecule has 0 aromatic carbocycles. The Kier molecular flexibility index (Phi) is 45.4. The molecule has 6 N–H and O–H groups in total. The van der Waals surface area contributed by atoms with Crippen LogP contribution in [-0.2, 0) is 23.8 Å². The van der Waals surface area contributed by atoms with Gasteiger partial charge in [-0.25, -0.2) is 0 Å². The molecule has 8 unspecified atom stereocenters. The third-order valence-corrected chi connectivity index (χ3v) is 12.8. The minimum Gasteiger partial charge on any atom is -0.454 e. The van der Waals surface area contributed by atoms with E-state index in [4.69, 9.17) is 14.2 Å². The van der Waals surface area contributed by atoms with Crippen molar-refractivity contribution in [3.8, 4) is 0 Å². The number of carbonyl (C=O) groups excluding carboxylic acids is 2. The van der Waals surface area contributed by atoms with E-state index in [-0.39, 0.29) is 19.4 Å². The fraction of sp³-hybridized carbons (Fsp3) is 0.677. The first-order chi connectivity index (χ1) is 35.7. The Labute approximate surface area is 443 Å². The minimum absolute atomic E-state index is 0.0941. The summed E-state index contributed by atoms with van der Waals surface area (Å²) in [6.07, 6.45) is 55.7. The maximum Gasteiger partial charge on any atom is 0.306 e. The summed E-state index contributed by atoms with van der Waals surface area (Å²) < 4.78 is 17.5. The van der Waals surface area contributed by atoms with E-state index < -0.39 is 67.4 Å². The Balaban J connectivity index is 2.77. The zero-order valence-electron chi connectivity index (χ0n) is 45.7. The van der Waals surface area contributed by atoms with Gasteiger partial charge in [-0.05, 0) is 77.0 Å².